The van der Waals surface area contributed by atoms with Gasteiger partial charge >= 0.3 is 6.03 Å². The minimum Gasteiger partial charge on any atom is -0.326 e. The van der Waals surface area contributed by atoms with E-state index in [0.29, 0.717) is 6.42 Å². The third-order valence-corrected chi connectivity index (χ3v) is 2.52. The lowest BCUT2D eigenvalue weighted by atomic mass is 9.99. The Morgan fingerprint density at radius 2 is 2.14 bits per heavy atom. The van der Waals surface area contributed by atoms with Crippen LogP contribution in [0.3, 0.4) is 0 Å². The molecule has 0 radical (unpaired) electrons. The van der Waals surface area contributed by atoms with Crippen molar-refractivity contribution in [3.8, 4) is 0 Å². The molecule has 2 atom stereocenters. The van der Waals surface area contributed by atoms with Crippen molar-refractivity contribution in [3.05, 3.63) is 0 Å². The van der Waals surface area contributed by atoms with Gasteiger partial charge in [-0.1, -0.05) is 6.92 Å². The number of hydrogen-bond donors (Lipinski definition) is 2. The van der Waals surface area contributed by atoms with Crippen molar-refractivity contribution < 1.29 is 9.59 Å². The molecular formula is C9H17N3O2. The Morgan fingerprint density at radius 1 is 1.57 bits per heavy atom. The maximum atomic E-state index is 11.8. The molecule has 1 aliphatic heterocycles. The summed E-state index contributed by atoms with van der Waals surface area (Å²) in [6, 6.07) is -0.527. The average Bonchev–Trinajstić information content (AvgIpc) is 2.30. The number of urea groups is 1. The fourth-order valence-electron chi connectivity index (χ4n) is 1.44. The first-order valence-electron chi connectivity index (χ1n) is 4.80. The predicted molar refractivity (Wildman–Crippen MR) is 52.6 cm³/mol. The molecule has 0 bridgehead atoms. The van der Waals surface area contributed by atoms with Crippen LogP contribution in [0.1, 0.15) is 27.2 Å². The molecule has 0 aromatic rings. The Kier molecular flexibility index (Phi) is 2.80. The van der Waals surface area contributed by atoms with Crippen molar-refractivity contribution in [3.63, 3.8) is 0 Å². The molecule has 0 saturated carbocycles. The number of hydrogen-bond acceptors (Lipinski definition) is 3. The van der Waals surface area contributed by atoms with Crippen molar-refractivity contribution in [2.75, 3.05) is 6.54 Å². The van der Waals surface area contributed by atoms with Gasteiger partial charge in [0.2, 0.25) is 0 Å². The third-order valence-electron chi connectivity index (χ3n) is 2.52. The summed E-state index contributed by atoms with van der Waals surface area (Å²) in [4.78, 5) is 24.4. The summed E-state index contributed by atoms with van der Waals surface area (Å²) in [5.41, 5.74) is 4.81. The molecule has 3 amide bonds. The highest BCUT2D eigenvalue weighted by molar-refractivity contribution is 6.06. The zero-order chi connectivity index (χ0) is 10.9. The van der Waals surface area contributed by atoms with Gasteiger partial charge in [0.1, 0.15) is 5.54 Å². The average molecular weight is 199 g/mol. The maximum absolute atomic E-state index is 11.8. The highest BCUT2D eigenvalue weighted by atomic mass is 16.2. The van der Waals surface area contributed by atoms with E-state index in [4.69, 9.17) is 5.73 Å². The lowest BCUT2D eigenvalue weighted by Gasteiger charge is -2.20. The number of nitrogens with two attached hydrogens (primary N) is 1. The Hall–Kier alpha value is -1.10. The van der Waals surface area contributed by atoms with E-state index in [1.165, 1.54) is 4.90 Å². The number of carbonyl (C=O) groups is 2. The molecular weight excluding hydrogens is 182 g/mol. The molecule has 3 N–H and O–H groups in total. The van der Waals surface area contributed by atoms with Crippen LogP contribution in [0.2, 0.25) is 0 Å². The second-order valence-corrected chi connectivity index (χ2v) is 4.01. The van der Waals surface area contributed by atoms with Gasteiger partial charge in [-0.15, -0.1) is 0 Å². The van der Waals surface area contributed by atoms with Gasteiger partial charge in [-0.2, -0.15) is 0 Å². The van der Waals surface area contributed by atoms with Gasteiger partial charge in [0.15, 0.2) is 0 Å². The minimum absolute atomic E-state index is 0.178. The highest BCUT2D eigenvalue weighted by Crippen LogP contribution is 2.20. The monoisotopic (exact) mass is 199 g/mol. The molecule has 0 spiro atoms. The van der Waals surface area contributed by atoms with Crippen molar-refractivity contribution in [1.82, 2.24) is 10.2 Å². The lowest BCUT2D eigenvalue weighted by molar-refractivity contribution is -0.131. The van der Waals surface area contributed by atoms with Crippen LogP contribution in [0.25, 0.3) is 0 Å². The molecule has 1 heterocycles. The molecule has 1 fully saturated rings. The summed E-state index contributed by atoms with van der Waals surface area (Å²) in [5.74, 6) is -0.178. The number of amides is 3. The minimum atomic E-state index is -0.744. The fraction of sp³-hybridized carbons (Fsp3) is 0.778. The molecule has 0 aliphatic carbocycles. The number of nitrogens with one attached hydrogen (secondary N) is 1. The lowest BCUT2D eigenvalue weighted by Crippen LogP contribution is -2.44. The van der Waals surface area contributed by atoms with E-state index >= 15 is 0 Å². The van der Waals surface area contributed by atoms with Crippen LogP contribution >= 0.6 is 0 Å². The van der Waals surface area contributed by atoms with Crippen LogP contribution in [-0.4, -0.2) is 35.0 Å². The van der Waals surface area contributed by atoms with Crippen LogP contribution in [-0.2, 0) is 4.79 Å². The number of imide groups is 1. The second kappa shape index (κ2) is 3.57. The van der Waals surface area contributed by atoms with Crippen LogP contribution in [0.15, 0.2) is 0 Å². The van der Waals surface area contributed by atoms with Gasteiger partial charge in [-0.25, -0.2) is 4.79 Å². The fourth-order valence-corrected chi connectivity index (χ4v) is 1.44. The standard InChI is InChI=1S/C9H17N3O2/c1-4-9(3)7(13)12(5-6(2)10)8(14)11-9/h6H,4-5,10H2,1-3H3,(H,11,14). The van der Waals surface area contributed by atoms with Gasteiger partial charge in [0.05, 0.1) is 0 Å². The van der Waals surface area contributed by atoms with Crippen LogP contribution in [0, 0.1) is 0 Å². The van der Waals surface area contributed by atoms with Crippen LogP contribution in [0.5, 0.6) is 0 Å². The van der Waals surface area contributed by atoms with E-state index in [2.05, 4.69) is 5.32 Å². The first-order chi connectivity index (χ1) is 6.40. The largest absolute Gasteiger partial charge is 0.326 e. The zero-order valence-electron chi connectivity index (χ0n) is 8.83. The molecule has 80 valence electrons. The van der Waals surface area contributed by atoms with E-state index < -0.39 is 5.54 Å². The van der Waals surface area contributed by atoms with Gasteiger partial charge < -0.3 is 11.1 Å². The Bertz CT molecular complexity index is 265. The van der Waals surface area contributed by atoms with E-state index in [1.54, 1.807) is 13.8 Å². The van der Waals surface area contributed by atoms with Crippen molar-refractivity contribution in [2.24, 2.45) is 5.73 Å². The molecule has 1 rings (SSSR count). The van der Waals surface area contributed by atoms with Crippen molar-refractivity contribution >= 4 is 11.9 Å². The molecule has 5 heteroatoms. The summed E-state index contributed by atoms with van der Waals surface area (Å²) in [6.45, 7) is 5.64. The quantitative estimate of drug-likeness (QED) is 0.631. The molecule has 5 nitrogen and oxygen atoms in total. The molecule has 1 saturated heterocycles. The summed E-state index contributed by atoms with van der Waals surface area (Å²) in [6.07, 6.45) is 0.590. The van der Waals surface area contributed by atoms with Gasteiger partial charge in [-0.3, -0.25) is 9.69 Å². The molecule has 14 heavy (non-hydrogen) atoms. The van der Waals surface area contributed by atoms with Gasteiger partial charge in [0.25, 0.3) is 5.91 Å². The highest BCUT2D eigenvalue weighted by Gasteiger charge is 2.46. The smallest absolute Gasteiger partial charge is 0.325 e. The SMILES string of the molecule is CCC1(C)NC(=O)N(CC(C)N)C1=O. The van der Waals surface area contributed by atoms with Gasteiger partial charge in [0, 0.05) is 12.6 Å². The van der Waals surface area contributed by atoms with E-state index in [9.17, 15) is 9.59 Å². The number of carbonyl (C=O) groups excluding carboxylic acids is 2. The predicted octanol–water partition coefficient (Wildman–Crippen LogP) is 0.0541. The Morgan fingerprint density at radius 3 is 2.50 bits per heavy atom. The molecule has 0 aromatic heterocycles. The maximum Gasteiger partial charge on any atom is 0.325 e. The van der Waals surface area contributed by atoms with E-state index in [-0.39, 0.29) is 24.5 Å². The van der Waals surface area contributed by atoms with Crippen LogP contribution in [0.4, 0.5) is 4.79 Å². The first-order valence-corrected chi connectivity index (χ1v) is 4.80. The summed E-state index contributed by atoms with van der Waals surface area (Å²) in [5, 5.41) is 2.67. The number of rotatable bonds is 3. The molecule has 0 aromatic carbocycles. The summed E-state index contributed by atoms with van der Waals surface area (Å²) < 4.78 is 0. The molecule has 1 aliphatic rings. The first kappa shape index (κ1) is 11.0. The summed E-state index contributed by atoms with van der Waals surface area (Å²) >= 11 is 0. The van der Waals surface area contributed by atoms with Crippen LogP contribution < -0.4 is 11.1 Å². The normalized spacial score (nSPS) is 29.3. The van der Waals surface area contributed by atoms with Crippen molar-refractivity contribution in [2.45, 2.75) is 38.8 Å². The van der Waals surface area contributed by atoms with Gasteiger partial charge in [-0.05, 0) is 20.3 Å². The topological polar surface area (TPSA) is 75.4 Å². The van der Waals surface area contributed by atoms with Crippen molar-refractivity contribution in [1.29, 1.82) is 0 Å². The Balaban J connectivity index is 2.81. The zero-order valence-corrected chi connectivity index (χ0v) is 8.83. The Labute approximate surface area is 83.6 Å². The summed E-state index contributed by atoms with van der Waals surface area (Å²) in [7, 11) is 0. The second-order valence-electron chi connectivity index (χ2n) is 4.01. The molecule has 2 unspecified atom stereocenters. The number of nitrogens with zero attached hydrogens (tertiary/aromatic N) is 1. The van der Waals surface area contributed by atoms with E-state index in [1.807, 2.05) is 6.92 Å². The van der Waals surface area contributed by atoms with E-state index in [0.717, 1.165) is 0 Å². The third kappa shape index (κ3) is 1.72.